The number of carbonyl (C=O) groups is 2. The summed E-state index contributed by atoms with van der Waals surface area (Å²) in [6.45, 7) is 1.01. The van der Waals surface area contributed by atoms with Gasteiger partial charge < -0.3 is 18.6 Å². The van der Waals surface area contributed by atoms with E-state index in [0.717, 1.165) is 5.56 Å². The van der Waals surface area contributed by atoms with E-state index in [2.05, 4.69) is 10.5 Å². The summed E-state index contributed by atoms with van der Waals surface area (Å²) < 4.78 is 21.5. The molecule has 1 aliphatic rings. The molecule has 158 valence electrons. The molecule has 0 atom stereocenters. The Kier molecular flexibility index (Phi) is 5.98. The zero-order chi connectivity index (χ0) is 21.6. The molecular formula is C23H20N2O6. The largest absolute Gasteiger partial charge is 0.486 e. The van der Waals surface area contributed by atoms with E-state index in [9.17, 15) is 9.59 Å². The van der Waals surface area contributed by atoms with Gasteiger partial charge in [0, 0.05) is 5.56 Å². The first-order valence-electron chi connectivity index (χ1n) is 9.62. The molecule has 0 bridgehead atoms. The van der Waals surface area contributed by atoms with Crippen molar-refractivity contribution in [2.24, 2.45) is 5.10 Å². The van der Waals surface area contributed by atoms with Crippen LogP contribution in [0.25, 0.3) is 11.3 Å². The zero-order valence-corrected chi connectivity index (χ0v) is 16.8. The summed E-state index contributed by atoms with van der Waals surface area (Å²) in [7, 11) is 1.33. The van der Waals surface area contributed by atoms with Crippen molar-refractivity contribution >= 4 is 18.1 Å². The summed E-state index contributed by atoms with van der Waals surface area (Å²) >= 11 is 0. The molecule has 0 unspecified atom stereocenters. The van der Waals surface area contributed by atoms with Gasteiger partial charge in [-0.05, 0) is 35.9 Å². The first-order valence-corrected chi connectivity index (χ1v) is 9.62. The van der Waals surface area contributed by atoms with E-state index in [1.54, 1.807) is 48.5 Å². The van der Waals surface area contributed by atoms with Crippen LogP contribution in [0.2, 0.25) is 0 Å². The van der Waals surface area contributed by atoms with Gasteiger partial charge in [0.25, 0.3) is 0 Å². The van der Waals surface area contributed by atoms with Crippen molar-refractivity contribution in [2.45, 2.75) is 6.42 Å². The van der Waals surface area contributed by atoms with Crippen molar-refractivity contribution in [2.75, 3.05) is 20.3 Å². The minimum Gasteiger partial charge on any atom is -0.486 e. The summed E-state index contributed by atoms with van der Waals surface area (Å²) in [4.78, 5) is 24.1. The maximum Gasteiger partial charge on any atom is 0.338 e. The number of hydrazone groups is 1. The second-order valence-electron chi connectivity index (χ2n) is 6.69. The van der Waals surface area contributed by atoms with Gasteiger partial charge in [0.2, 0.25) is 5.91 Å². The average molecular weight is 420 g/mol. The quantitative estimate of drug-likeness (QED) is 0.374. The normalized spacial score (nSPS) is 12.5. The summed E-state index contributed by atoms with van der Waals surface area (Å²) in [6, 6.07) is 15.8. The average Bonchev–Trinajstić information content (AvgIpc) is 3.27. The zero-order valence-electron chi connectivity index (χ0n) is 16.8. The molecule has 31 heavy (non-hydrogen) atoms. The molecule has 1 N–H and O–H groups in total. The lowest BCUT2D eigenvalue weighted by Gasteiger charge is -2.18. The maximum absolute atomic E-state index is 12.2. The van der Waals surface area contributed by atoms with E-state index in [1.165, 1.54) is 13.3 Å². The number of fused-ring (bicyclic) bond motifs is 1. The summed E-state index contributed by atoms with van der Waals surface area (Å²) in [6.07, 6.45) is 1.54. The fraction of sp³-hybridized carbons (Fsp3) is 0.174. The highest BCUT2D eigenvalue weighted by molar-refractivity contribution is 5.96. The molecule has 1 aromatic heterocycles. The fourth-order valence-corrected chi connectivity index (χ4v) is 3.14. The SMILES string of the molecule is COC(=O)c1ccccc1-c1ccc(/C=N/NC(=O)Cc2ccc3c(c2)OCCO3)o1. The van der Waals surface area contributed by atoms with Crippen LogP contribution >= 0.6 is 0 Å². The van der Waals surface area contributed by atoms with Gasteiger partial charge >= 0.3 is 5.97 Å². The minimum absolute atomic E-state index is 0.143. The van der Waals surface area contributed by atoms with E-state index >= 15 is 0 Å². The molecule has 0 saturated carbocycles. The van der Waals surface area contributed by atoms with Crippen LogP contribution < -0.4 is 14.9 Å². The van der Waals surface area contributed by atoms with Crippen molar-refractivity contribution in [3.63, 3.8) is 0 Å². The number of methoxy groups -OCH3 is 1. The van der Waals surface area contributed by atoms with Gasteiger partial charge in [0.1, 0.15) is 24.7 Å². The van der Waals surface area contributed by atoms with Crippen LogP contribution in [0, 0.1) is 0 Å². The number of hydrogen-bond acceptors (Lipinski definition) is 7. The lowest BCUT2D eigenvalue weighted by atomic mass is 10.1. The monoisotopic (exact) mass is 420 g/mol. The number of rotatable bonds is 6. The van der Waals surface area contributed by atoms with Crippen LogP contribution in [0.15, 0.2) is 64.1 Å². The number of amides is 1. The number of hydrogen-bond donors (Lipinski definition) is 1. The van der Waals surface area contributed by atoms with Gasteiger partial charge in [0.05, 0.1) is 25.3 Å². The van der Waals surface area contributed by atoms with Crippen molar-refractivity contribution in [1.29, 1.82) is 0 Å². The van der Waals surface area contributed by atoms with Gasteiger partial charge in [-0.1, -0.05) is 24.3 Å². The number of ether oxygens (including phenoxy) is 3. The minimum atomic E-state index is -0.450. The Morgan fingerprint density at radius 1 is 1.06 bits per heavy atom. The number of benzene rings is 2. The summed E-state index contributed by atoms with van der Waals surface area (Å²) in [5.41, 5.74) is 4.27. The third-order valence-corrected chi connectivity index (χ3v) is 4.58. The van der Waals surface area contributed by atoms with E-state index in [4.69, 9.17) is 18.6 Å². The third kappa shape index (κ3) is 4.75. The Hall–Kier alpha value is -4.07. The summed E-state index contributed by atoms with van der Waals surface area (Å²) in [5.74, 6) is 1.50. The molecule has 1 amide bonds. The van der Waals surface area contributed by atoms with Crippen LogP contribution in [-0.4, -0.2) is 38.4 Å². The Labute approximate surface area is 178 Å². The topological polar surface area (TPSA) is 99.4 Å². The van der Waals surface area contributed by atoms with Gasteiger partial charge in [0.15, 0.2) is 11.5 Å². The van der Waals surface area contributed by atoms with Gasteiger partial charge in [-0.15, -0.1) is 0 Å². The van der Waals surface area contributed by atoms with Gasteiger partial charge in [-0.2, -0.15) is 5.10 Å². The third-order valence-electron chi connectivity index (χ3n) is 4.58. The molecule has 0 radical (unpaired) electrons. The van der Waals surface area contributed by atoms with Crippen LogP contribution in [0.3, 0.4) is 0 Å². The van der Waals surface area contributed by atoms with Gasteiger partial charge in [-0.3, -0.25) is 4.79 Å². The molecule has 2 heterocycles. The standard InChI is InChI=1S/C23H20N2O6/c1-28-23(27)18-5-3-2-4-17(18)19-9-7-16(31-19)14-24-25-22(26)13-15-6-8-20-21(12-15)30-11-10-29-20/h2-9,12,14H,10-11,13H2,1H3,(H,25,26)/b24-14+. The van der Waals surface area contributed by atoms with E-state index in [-0.39, 0.29) is 12.3 Å². The molecular weight excluding hydrogens is 400 g/mol. The van der Waals surface area contributed by atoms with E-state index in [1.807, 2.05) is 6.07 Å². The van der Waals surface area contributed by atoms with E-state index < -0.39 is 5.97 Å². The Bertz CT molecular complexity index is 1130. The highest BCUT2D eigenvalue weighted by Gasteiger charge is 2.15. The van der Waals surface area contributed by atoms with Gasteiger partial charge in [-0.25, -0.2) is 10.2 Å². The molecule has 0 spiro atoms. The van der Waals surface area contributed by atoms with Crippen LogP contribution in [-0.2, 0) is 16.0 Å². The van der Waals surface area contributed by atoms with Crippen molar-refractivity contribution in [3.8, 4) is 22.8 Å². The second-order valence-corrected chi connectivity index (χ2v) is 6.69. The molecule has 1 aliphatic heterocycles. The number of nitrogens with zero attached hydrogens (tertiary/aromatic N) is 1. The number of nitrogens with one attached hydrogen (secondary N) is 1. The Balaban J connectivity index is 1.38. The maximum atomic E-state index is 12.2. The molecule has 2 aromatic carbocycles. The van der Waals surface area contributed by atoms with Crippen molar-refractivity contribution < 1.29 is 28.2 Å². The second kappa shape index (κ2) is 9.17. The first-order chi connectivity index (χ1) is 15.1. The smallest absolute Gasteiger partial charge is 0.338 e. The molecule has 0 fully saturated rings. The Morgan fingerprint density at radius 3 is 2.71 bits per heavy atom. The lowest BCUT2D eigenvalue weighted by molar-refractivity contribution is -0.120. The van der Waals surface area contributed by atoms with Crippen molar-refractivity contribution in [1.82, 2.24) is 5.43 Å². The Morgan fingerprint density at radius 2 is 1.87 bits per heavy atom. The molecule has 0 aliphatic carbocycles. The summed E-state index contributed by atoms with van der Waals surface area (Å²) in [5, 5.41) is 3.94. The lowest BCUT2D eigenvalue weighted by Crippen LogP contribution is -2.20. The van der Waals surface area contributed by atoms with Crippen LogP contribution in [0.1, 0.15) is 21.7 Å². The molecule has 0 saturated heterocycles. The number of esters is 1. The van der Waals surface area contributed by atoms with Crippen LogP contribution in [0.4, 0.5) is 0 Å². The fourth-order valence-electron chi connectivity index (χ4n) is 3.14. The predicted molar refractivity (Wildman–Crippen MR) is 112 cm³/mol. The molecule has 3 aromatic rings. The molecule has 8 nitrogen and oxygen atoms in total. The van der Waals surface area contributed by atoms with E-state index in [0.29, 0.717) is 47.4 Å². The molecule has 8 heteroatoms. The molecule has 4 rings (SSSR count). The number of furan rings is 1. The highest BCUT2D eigenvalue weighted by atomic mass is 16.6. The predicted octanol–water partition coefficient (Wildman–Crippen LogP) is 3.20. The first kappa shape index (κ1) is 20.2. The van der Waals surface area contributed by atoms with Crippen LogP contribution in [0.5, 0.6) is 11.5 Å². The van der Waals surface area contributed by atoms with Crippen molar-refractivity contribution in [3.05, 3.63) is 71.5 Å². The number of carbonyl (C=O) groups excluding carboxylic acids is 2. The highest BCUT2D eigenvalue weighted by Crippen LogP contribution is 2.31.